The van der Waals surface area contributed by atoms with Crippen LogP contribution < -0.4 is 23.4 Å². The van der Waals surface area contributed by atoms with E-state index in [0.717, 1.165) is 11.6 Å². The van der Waals surface area contributed by atoms with Crippen molar-refractivity contribution in [1.29, 1.82) is 0 Å². The third-order valence-electron chi connectivity index (χ3n) is 22.9. The average Bonchev–Trinajstić information content (AvgIpc) is 1.59. The maximum absolute atomic E-state index is 4.60. The van der Waals surface area contributed by atoms with Crippen molar-refractivity contribution in [1.82, 2.24) is 37.3 Å². The van der Waals surface area contributed by atoms with E-state index in [1.807, 2.05) is 253 Å². The Morgan fingerprint density at radius 3 is 1.11 bits per heavy atom. The van der Waals surface area contributed by atoms with Gasteiger partial charge < -0.3 is 9.80 Å². The monoisotopic (exact) mass is 2000 g/mol. The van der Waals surface area contributed by atoms with Crippen molar-refractivity contribution in [2.24, 2.45) is 35.2 Å². The maximum atomic E-state index is 4.60. The first-order valence-corrected chi connectivity index (χ1v) is 55.2. The van der Waals surface area contributed by atoms with Gasteiger partial charge in [-0.1, -0.05) is 443 Å². The van der Waals surface area contributed by atoms with Gasteiger partial charge in [-0.25, -0.2) is 18.7 Å². The molecule has 13 nitrogen and oxygen atoms in total. The summed E-state index contributed by atoms with van der Waals surface area (Å²) < 4.78 is 22.1. The SMILES string of the molecule is C.C.CC.CC.CC.CC.CC.CC.CC.CC.CC.CC.CC.CC.CC.CC.CC.CC.Cc1cccc2c1N1C(=CN(C)[C@@H]1C)c1ccccc1-2.Cc1cccc2c3ccccc3c3cc[n+](C)n3c12.Cc1cccc2c3ccccc3n(-c3cccc[n+]3C)c12.Cc1cccc2c3ccccc3n(-c3n(C)cc[n+]3C)c12.Cc1ccccc1-n1c2ccccc2c2cccnc21.Cc1ccccc1-n1ccc[n+]1C. The van der Waals surface area contributed by atoms with E-state index in [2.05, 4.69) is 455 Å². The van der Waals surface area contributed by atoms with Crippen molar-refractivity contribution < 1.29 is 18.5 Å². The highest BCUT2D eigenvalue weighted by Gasteiger charge is 2.36. The van der Waals surface area contributed by atoms with Crippen LogP contribution in [0.25, 0.3) is 133 Å². The predicted octanol–water partition coefficient (Wildman–Crippen LogP) is 38.4. The summed E-state index contributed by atoms with van der Waals surface area (Å²) in [5, 5.41) is 11.6. The number of fused-ring (bicyclic) bond motifs is 21. The molecule has 22 rings (SSSR count). The zero-order valence-corrected chi connectivity index (χ0v) is 99.1. The van der Waals surface area contributed by atoms with Crippen LogP contribution >= 0.6 is 0 Å². The fourth-order valence-corrected chi connectivity index (χ4v) is 17.3. The number of para-hydroxylation sites is 9. The molecule has 0 saturated carbocycles. The van der Waals surface area contributed by atoms with Crippen LogP contribution in [-0.2, 0) is 35.2 Å². The van der Waals surface area contributed by atoms with Crippen LogP contribution in [0, 0.1) is 41.5 Å². The van der Waals surface area contributed by atoms with E-state index in [1.54, 1.807) is 0 Å². The minimum Gasteiger partial charge on any atom is -0.358 e. The zero-order chi connectivity index (χ0) is 111. The van der Waals surface area contributed by atoms with Crippen LogP contribution in [0.15, 0.2) is 335 Å². The number of rotatable bonds is 4. The highest BCUT2D eigenvalue weighted by molar-refractivity contribution is 6.14. The molecule has 0 aliphatic carbocycles. The second kappa shape index (κ2) is 74.0. The Labute approximate surface area is 900 Å². The van der Waals surface area contributed by atoms with Crippen molar-refractivity contribution in [3.05, 3.63) is 374 Å². The summed E-state index contributed by atoms with van der Waals surface area (Å²) in [7, 11) is 12.5. The number of anilines is 1. The molecule has 11 heterocycles. The lowest BCUT2D eigenvalue weighted by Gasteiger charge is -2.36. The average molecular weight is 2000 g/mol. The summed E-state index contributed by atoms with van der Waals surface area (Å²) in [6.07, 6.45) is 17.0. The van der Waals surface area contributed by atoms with Gasteiger partial charge in [-0.15, -0.1) is 18.6 Å². The summed E-state index contributed by atoms with van der Waals surface area (Å²) >= 11 is 0. The fraction of sp³-hybridized carbons (Fsp3) is 0.356. The summed E-state index contributed by atoms with van der Waals surface area (Å²) in [6, 6.07) is 101. The topological polar surface area (TPSA) is 64.0 Å². The molecule has 0 saturated heterocycles. The number of hydrogen-bond acceptors (Lipinski definition) is 3. The van der Waals surface area contributed by atoms with Gasteiger partial charge in [-0.05, 0) is 153 Å². The lowest BCUT2D eigenvalue weighted by Crippen LogP contribution is -2.36. The number of pyridine rings is 3. The van der Waals surface area contributed by atoms with Gasteiger partial charge in [0.15, 0.2) is 26.5 Å². The standard InChI is InChI=1S/C19H17N2.C18H18N3.C18H18N2.C18H14N2.C17H15N2.C11H13N2.16C2H6.2CH4/c1-14-8-7-10-16-15-9-3-4-11-17(15)21(19(14)16)18-12-5-6-13-20(18)2;1-13-7-6-9-15-14-8-4-5-10-16(14)21(17(13)15)18-19(2)11-12-20(18)3;1-12-7-6-10-16-14-8-4-5-9-15(14)17-11-19(3)13(2)20(17)18(12)16;1-13-7-2-4-10-16(13)20-17-11-5-3-8-14(17)15-9-6-12-19-18(15)20;1-12-6-5-9-15-13-7-3-4-8-14(13)16-10-11-18(2)19(16)17(12)15;1-10-6-3-4-7-11(10)13-9-5-8-12(13)2;16*1-2;;/h3-13H,1-2H3;4-12H,1-3H3;4-11,13H,1-3H3;2-12H,1H3;3-11H,1-2H3;3-9H,1-2H3;16*1-2H3;2*1H4/q2*+1;;;2*+1;;;;;;;;;;;;;;;;;;/t;;13-;;;;;;;;;;;;;;;;;;;;;/m..0...................../s1. The van der Waals surface area contributed by atoms with Crippen molar-refractivity contribution in [3.8, 4) is 34.3 Å². The van der Waals surface area contributed by atoms with Gasteiger partial charge >= 0.3 is 5.95 Å². The first kappa shape index (κ1) is 136. The lowest BCUT2D eigenvalue weighted by molar-refractivity contribution is -0.744. The molecule has 11 aromatic carbocycles. The third kappa shape index (κ3) is 31.3. The highest BCUT2D eigenvalue weighted by atomic mass is 15.4. The first-order valence-electron chi connectivity index (χ1n) is 55.2. The molecule has 20 aromatic rings. The lowest BCUT2D eigenvalue weighted by atomic mass is 9.90. The maximum Gasteiger partial charge on any atom is 0.369 e. The van der Waals surface area contributed by atoms with Crippen LogP contribution in [0.5, 0.6) is 0 Å². The zero-order valence-electron chi connectivity index (χ0n) is 99.1. The molecule has 0 fully saturated rings. The summed E-state index contributed by atoms with van der Waals surface area (Å²) in [5.41, 5.74) is 26.8. The van der Waals surface area contributed by atoms with Gasteiger partial charge in [0.05, 0.1) is 68.5 Å². The van der Waals surface area contributed by atoms with Crippen LogP contribution in [0.4, 0.5) is 5.69 Å². The Balaban J connectivity index is 0. The second-order valence-corrected chi connectivity index (χ2v) is 30.1. The summed E-state index contributed by atoms with van der Waals surface area (Å²) in [4.78, 5) is 9.35. The van der Waals surface area contributed by atoms with Gasteiger partial charge in [-0.2, -0.15) is 9.13 Å². The van der Waals surface area contributed by atoms with E-state index in [0.29, 0.717) is 6.17 Å². The van der Waals surface area contributed by atoms with E-state index in [1.165, 1.54) is 166 Å². The molecule has 0 bridgehead atoms. The Bertz CT molecular complexity index is 7020. The quantitative estimate of drug-likeness (QED) is 0.130. The summed E-state index contributed by atoms with van der Waals surface area (Å²) in [5.74, 6) is 2.34. The van der Waals surface area contributed by atoms with Crippen LogP contribution in [-0.4, -0.2) is 50.6 Å². The largest absolute Gasteiger partial charge is 0.369 e. The molecule has 0 radical (unpaired) electrons. The van der Waals surface area contributed by atoms with Gasteiger partial charge in [0.2, 0.25) is 0 Å². The van der Waals surface area contributed by atoms with E-state index < -0.39 is 0 Å². The Hall–Kier alpha value is -13.9. The van der Waals surface area contributed by atoms with Crippen LogP contribution in [0.1, 0.15) is 282 Å². The van der Waals surface area contributed by atoms with Crippen molar-refractivity contribution in [2.75, 3.05) is 11.9 Å². The minimum absolute atomic E-state index is 0. The molecule has 0 amide bonds. The number of nitrogens with zero attached hydrogens (tertiary/aromatic N) is 13. The highest BCUT2D eigenvalue weighted by Crippen LogP contribution is 2.49. The van der Waals surface area contributed by atoms with Crippen molar-refractivity contribution >= 4 is 104 Å². The Kier molecular flexibility index (Phi) is 68.1. The smallest absolute Gasteiger partial charge is 0.358 e. The molecule has 13 heteroatoms. The van der Waals surface area contributed by atoms with Crippen molar-refractivity contribution in [2.45, 2.75) is 291 Å². The molecule has 0 spiro atoms. The number of aromatic nitrogens is 11. The number of hydrogen-bond donors (Lipinski definition) is 0. The molecule has 1 atom stereocenters. The number of imidazole rings is 1. The van der Waals surface area contributed by atoms with Gasteiger partial charge in [-0.3, -0.25) is 4.57 Å². The molecule has 148 heavy (non-hydrogen) atoms. The number of aryl methyl sites for hydroxylation is 11. The number of benzene rings is 11. The first-order chi connectivity index (χ1) is 71.6. The minimum atomic E-state index is 0. The van der Waals surface area contributed by atoms with Crippen LogP contribution in [0.3, 0.4) is 0 Å². The van der Waals surface area contributed by atoms with Gasteiger partial charge in [0, 0.05) is 91.9 Å². The second-order valence-electron chi connectivity index (χ2n) is 30.1. The molecule has 2 aliphatic heterocycles. The van der Waals surface area contributed by atoms with E-state index in [9.17, 15) is 0 Å². The molecule has 0 N–H and O–H groups in total. The molecule has 2 aliphatic rings. The van der Waals surface area contributed by atoms with E-state index in [-0.39, 0.29) is 14.9 Å². The molecular weight excluding hydrogens is 1800 g/mol. The molecular formula is C135H199N13+4. The molecule has 0 unspecified atom stereocenters. The summed E-state index contributed by atoms with van der Waals surface area (Å²) in [6.45, 7) is 79.3. The van der Waals surface area contributed by atoms with Gasteiger partial charge in [0.1, 0.15) is 50.6 Å². The van der Waals surface area contributed by atoms with E-state index in [4.69, 9.17) is 0 Å². The Morgan fingerprint density at radius 1 is 0.270 bits per heavy atom. The Morgan fingerprint density at radius 2 is 0.642 bits per heavy atom. The normalized spacial score (nSPS) is 10.4. The molecule has 9 aromatic heterocycles. The predicted molar refractivity (Wildman–Crippen MR) is 665 cm³/mol. The fourth-order valence-electron chi connectivity index (χ4n) is 17.3. The van der Waals surface area contributed by atoms with Gasteiger partial charge in [0.25, 0.3) is 5.82 Å². The van der Waals surface area contributed by atoms with E-state index >= 15 is 0 Å². The van der Waals surface area contributed by atoms with Crippen molar-refractivity contribution in [3.63, 3.8) is 0 Å². The van der Waals surface area contributed by atoms with Crippen LogP contribution in [0.2, 0.25) is 0 Å². The third-order valence-corrected chi connectivity index (χ3v) is 22.9. The molecule has 800 valence electrons.